The van der Waals surface area contributed by atoms with Gasteiger partial charge < -0.3 is 5.32 Å². The zero-order chi connectivity index (χ0) is 13.0. The van der Waals surface area contributed by atoms with E-state index in [2.05, 4.69) is 24.3 Å². The molecule has 4 heteroatoms. The Morgan fingerprint density at radius 1 is 1.28 bits per heavy atom. The molecule has 18 heavy (non-hydrogen) atoms. The first-order valence-electron chi connectivity index (χ1n) is 6.22. The smallest absolute Gasteiger partial charge is 0.148 e. The summed E-state index contributed by atoms with van der Waals surface area (Å²) < 4.78 is 14.7. The highest BCUT2D eigenvalue weighted by atomic mass is 19.1. The van der Waals surface area contributed by atoms with Crippen LogP contribution in [0.15, 0.2) is 36.5 Å². The molecule has 1 N–H and O–H groups in total. The van der Waals surface area contributed by atoms with Gasteiger partial charge in [0.1, 0.15) is 11.6 Å². The van der Waals surface area contributed by atoms with Crippen LogP contribution in [0, 0.1) is 5.82 Å². The number of hydrogen-bond acceptors (Lipinski definition) is 2. The first-order valence-corrected chi connectivity index (χ1v) is 6.22. The number of halogens is 1. The lowest BCUT2D eigenvalue weighted by Gasteiger charge is -2.08. The van der Waals surface area contributed by atoms with Crippen LogP contribution in [-0.4, -0.2) is 9.78 Å². The van der Waals surface area contributed by atoms with Gasteiger partial charge in [0.15, 0.2) is 0 Å². The fourth-order valence-corrected chi connectivity index (χ4v) is 1.66. The van der Waals surface area contributed by atoms with Gasteiger partial charge in [-0.15, -0.1) is 0 Å². The number of nitrogens with one attached hydrogen (secondary N) is 1. The normalized spacial score (nSPS) is 12.4. The molecule has 0 aliphatic carbocycles. The van der Waals surface area contributed by atoms with Crippen LogP contribution in [0.1, 0.15) is 31.9 Å². The molecule has 0 radical (unpaired) electrons. The Kier molecular flexibility index (Phi) is 3.97. The lowest BCUT2D eigenvalue weighted by atomic mass is 10.2. The van der Waals surface area contributed by atoms with Crippen molar-refractivity contribution in [1.29, 1.82) is 0 Å². The van der Waals surface area contributed by atoms with E-state index in [-0.39, 0.29) is 5.82 Å². The van der Waals surface area contributed by atoms with Crippen molar-refractivity contribution in [2.75, 3.05) is 5.32 Å². The number of nitrogens with zero attached hydrogens (tertiary/aromatic N) is 2. The summed E-state index contributed by atoms with van der Waals surface area (Å²) in [5.74, 6) is 0.638. The molecular formula is C14H18FN3. The summed E-state index contributed by atoms with van der Waals surface area (Å²) in [5.41, 5.74) is 1.04. The molecule has 1 heterocycles. The quantitative estimate of drug-likeness (QED) is 0.874. The fourth-order valence-electron chi connectivity index (χ4n) is 1.66. The van der Waals surface area contributed by atoms with E-state index in [4.69, 9.17) is 0 Å². The van der Waals surface area contributed by atoms with Crippen molar-refractivity contribution in [1.82, 2.24) is 9.78 Å². The zero-order valence-electron chi connectivity index (χ0n) is 10.7. The molecule has 0 amide bonds. The van der Waals surface area contributed by atoms with Gasteiger partial charge in [-0.3, -0.25) is 4.68 Å². The topological polar surface area (TPSA) is 29.9 Å². The highest BCUT2D eigenvalue weighted by Crippen LogP contribution is 2.12. The number of anilines is 1. The first kappa shape index (κ1) is 12.6. The molecule has 1 aromatic carbocycles. The van der Waals surface area contributed by atoms with Crippen molar-refractivity contribution in [2.24, 2.45) is 0 Å². The predicted molar refractivity (Wildman–Crippen MR) is 71.0 cm³/mol. The molecule has 0 saturated carbocycles. The van der Waals surface area contributed by atoms with Gasteiger partial charge in [-0.1, -0.05) is 19.1 Å². The third kappa shape index (κ3) is 3.09. The van der Waals surface area contributed by atoms with E-state index in [1.54, 1.807) is 12.1 Å². The van der Waals surface area contributed by atoms with Gasteiger partial charge in [-0.25, -0.2) is 4.39 Å². The van der Waals surface area contributed by atoms with Gasteiger partial charge in [0, 0.05) is 24.8 Å². The maximum Gasteiger partial charge on any atom is 0.148 e. The molecule has 0 unspecified atom stereocenters. The van der Waals surface area contributed by atoms with Crippen LogP contribution in [0.4, 0.5) is 10.2 Å². The molecule has 1 aromatic heterocycles. The van der Waals surface area contributed by atoms with E-state index < -0.39 is 0 Å². The van der Waals surface area contributed by atoms with Crippen molar-refractivity contribution >= 4 is 5.82 Å². The molecule has 0 aliphatic heterocycles. The van der Waals surface area contributed by atoms with Gasteiger partial charge in [0.25, 0.3) is 0 Å². The molecular weight excluding hydrogens is 229 g/mol. The van der Waals surface area contributed by atoms with Crippen LogP contribution < -0.4 is 5.32 Å². The summed E-state index contributed by atoms with van der Waals surface area (Å²) in [4.78, 5) is 0. The molecule has 2 aromatic rings. The number of benzene rings is 1. The summed E-state index contributed by atoms with van der Waals surface area (Å²) in [6.07, 6.45) is 3.03. The Labute approximate surface area is 107 Å². The molecule has 3 nitrogen and oxygen atoms in total. The largest absolute Gasteiger partial charge is 0.365 e. The van der Waals surface area contributed by atoms with E-state index in [9.17, 15) is 4.39 Å². The summed E-state index contributed by atoms with van der Waals surface area (Å²) in [7, 11) is 0. The Morgan fingerprint density at radius 2 is 2.00 bits per heavy atom. The van der Waals surface area contributed by atoms with E-state index >= 15 is 0 Å². The first-order chi connectivity index (χ1) is 8.69. The summed E-state index contributed by atoms with van der Waals surface area (Å²) in [5, 5.41) is 7.67. The van der Waals surface area contributed by atoms with Crippen LogP contribution in [0.2, 0.25) is 0 Å². The average Bonchev–Trinajstić information content (AvgIpc) is 2.86. The van der Waals surface area contributed by atoms with Gasteiger partial charge >= 0.3 is 0 Å². The maximum atomic E-state index is 12.7. The third-order valence-electron chi connectivity index (χ3n) is 3.04. The van der Waals surface area contributed by atoms with Crippen molar-refractivity contribution in [3.63, 3.8) is 0 Å². The molecule has 0 bridgehead atoms. The highest BCUT2D eigenvalue weighted by molar-refractivity contribution is 5.34. The summed E-state index contributed by atoms with van der Waals surface area (Å²) in [6, 6.07) is 8.84. The minimum absolute atomic E-state index is 0.209. The molecule has 0 aliphatic rings. The van der Waals surface area contributed by atoms with E-state index in [1.807, 2.05) is 16.9 Å². The molecule has 1 atom stereocenters. The third-order valence-corrected chi connectivity index (χ3v) is 3.04. The van der Waals surface area contributed by atoms with E-state index in [1.165, 1.54) is 12.1 Å². The molecule has 0 spiro atoms. The number of hydrogen-bond donors (Lipinski definition) is 1. The monoisotopic (exact) mass is 247 g/mol. The second-order valence-electron chi connectivity index (χ2n) is 4.42. The van der Waals surface area contributed by atoms with Gasteiger partial charge in [-0.2, -0.15) is 5.10 Å². The fraction of sp³-hybridized carbons (Fsp3) is 0.357. The standard InChI is InChI=1S/C14H18FN3/c1-3-11(2)18-9-8-14(17-18)16-10-12-4-6-13(15)7-5-12/h4-9,11H,3,10H2,1-2H3,(H,16,17)/t11-/m1/s1. The van der Waals surface area contributed by atoms with Crippen LogP contribution >= 0.6 is 0 Å². The highest BCUT2D eigenvalue weighted by Gasteiger charge is 2.04. The van der Waals surface area contributed by atoms with E-state index in [0.29, 0.717) is 12.6 Å². The van der Waals surface area contributed by atoms with Crippen LogP contribution in [0.5, 0.6) is 0 Å². The average molecular weight is 247 g/mol. The Hall–Kier alpha value is -1.84. The molecule has 0 fully saturated rings. The molecule has 96 valence electrons. The molecule has 2 rings (SSSR count). The lowest BCUT2D eigenvalue weighted by molar-refractivity contribution is 0.479. The minimum atomic E-state index is -0.209. The van der Waals surface area contributed by atoms with Crippen molar-refractivity contribution in [3.8, 4) is 0 Å². The van der Waals surface area contributed by atoms with Crippen molar-refractivity contribution < 1.29 is 4.39 Å². The van der Waals surface area contributed by atoms with Crippen molar-refractivity contribution in [3.05, 3.63) is 47.9 Å². The Balaban J connectivity index is 1.94. The second kappa shape index (κ2) is 5.67. The van der Waals surface area contributed by atoms with Crippen LogP contribution in [0.3, 0.4) is 0 Å². The van der Waals surface area contributed by atoms with Gasteiger partial charge in [0.05, 0.1) is 0 Å². The van der Waals surface area contributed by atoms with Crippen LogP contribution in [0.25, 0.3) is 0 Å². The minimum Gasteiger partial charge on any atom is -0.365 e. The summed E-state index contributed by atoms with van der Waals surface area (Å²) >= 11 is 0. The Morgan fingerprint density at radius 3 is 2.67 bits per heavy atom. The SMILES string of the molecule is CC[C@@H](C)n1ccc(NCc2ccc(F)cc2)n1. The Bertz CT molecular complexity index is 490. The van der Waals surface area contributed by atoms with E-state index in [0.717, 1.165) is 17.8 Å². The lowest BCUT2D eigenvalue weighted by Crippen LogP contribution is -2.06. The zero-order valence-corrected chi connectivity index (χ0v) is 10.7. The number of rotatable bonds is 5. The van der Waals surface area contributed by atoms with Gasteiger partial charge in [-0.05, 0) is 31.0 Å². The van der Waals surface area contributed by atoms with Crippen molar-refractivity contribution in [2.45, 2.75) is 32.9 Å². The molecule has 0 saturated heterocycles. The maximum absolute atomic E-state index is 12.7. The van der Waals surface area contributed by atoms with Crippen LogP contribution in [-0.2, 0) is 6.54 Å². The number of aromatic nitrogens is 2. The predicted octanol–water partition coefficient (Wildman–Crippen LogP) is 3.61. The summed E-state index contributed by atoms with van der Waals surface area (Å²) in [6.45, 7) is 4.92. The second-order valence-corrected chi connectivity index (χ2v) is 4.42. The van der Waals surface area contributed by atoms with Gasteiger partial charge in [0.2, 0.25) is 0 Å².